The van der Waals surface area contributed by atoms with Crippen LogP contribution in [0.5, 0.6) is 0 Å². The predicted octanol–water partition coefficient (Wildman–Crippen LogP) is 0.591. The lowest BCUT2D eigenvalue weighted by atomic mass is 10.2. The van der Waals surface area contributed by atoms with E-state index in [9.17, 15) is 4.79 Å². The van der Waals surface area contributed by atoms with Gasteiger partial charge in [0.2, 0.25) is 5.95 Å². The van der Waals surface area contributed by atoms with Crippen LogP contribution in [-0.2, 0) is 16.1 Å². The van der Waals surface area contributed by atoms with Crippen molar-refractivity contribution in [3.8, 4) is 0 Å². The summed E-state index contributed by atoms with van der Waals surface area (Å²) in [5.41, 5.74) is 6.52. The summed E-state index contributed by atoms with van der Waals surface area (Å²) in [5.74, 6) is -0.408. The van der Waals surface area contributed by atoms with Gasteiger partial charge in [-0.15, -0.1) is 0 Å². The van der Waals surface area contributed by atoms with Crippen LogP contribution >= 0.6 is 0 Å². The van der Waals surface area contributed by atoms with Crippen molar-refractivity contribution in [2.45, 2.75) is 19.4 Å². The predicted molar refractivity (Wildman–Crippen MR) is 86.4 cm³/mol. The van der Waals surface area contributed by atoms with E-state index in [1.807, 2.05) is 0 Å². The molecule has 1 fully saturated rings. The van der Waals surface area contributed by atoms with E-state index in [0.717, 1.165) is 24.6 Å². The number of anilines is 1. The normalized spacial score (nSPS) is 16.0. The molecule has 2 heterocycles. The number of rotatable bonds is 7. The van der Waals surface area contributed by atoms with Crippen molar-refractivity contribution in [2.24, 2.45) is 10.7 Å². The van der Waals surface area contributed by atoms with Crippen molar-refractivity contribution in [1.29, 1.82) is 0 Å². The number of aliphatic imine (C=N–C) groups is 1. The minimum atomic E-state index is -1.14. The highest BCUT2D eigenvalue weighted by Gasteiger charge is 2.14. The van der Waals surface area contributed by atoms with E-state index in [-0.39, 0.29) is 24.4 Å². The van der Waals surface area contributed by atoms with Gasteiger partial charge in [0.25, 0.3) is 0 Å². The van der Waals surface area contributed by atoms with Gasteiger partial charge < -0.3 is 20.5 Å². The van der Waals surface area contributed by atoms with E-state index >= 15 is 0 Å². The number of nitrogens with two attached hydrogens (primary N) is 1. The smallest absolute Gasteiger partial charge is 0.339 e. The minimum absolute atomic E-state index is 0.0430. The number of aromatic nitrogens is 2. The van der Waals surface area contributed by atoms with E-state index < -0.39 is 5.97 Å². The average molecular weight is 319 g/mol. The number of carbonyl (C=O) groups is 1. The van der Waals surface area contributed by atoms with Crippen LogP contribution in [0.4, 0.5) is 5.95 Å². The highest BCUT2D eigenvalue weighted by molar-refractivity contribution is 6.09. The molecule has 1 aromatic rings. The number of methoxy groups -OCH3 is 1. The highest BCUT2D eigenvalue weighted by atomic mass is 16.5. The molecular formula is C15H21N5O3. The van der Waals surface area contributed by atoms with Gasteiger partial charge in [-0.2, -0.15) is 0 Å². The van der Waals surface area contributed by atoms with Crippen molar-refractivity contribution in [3.05, 3.63) is 29.2 Å². The van der Waals surface area contributed by atoms with Crippen molar-refractivity contribution in [1.82, 2.24) is 9.97 Å². The minimum Gasteiger partial charge on any atom is -0.478 e. The molecular weight excluding hydrogens is 298 g/mol. The van der Waals surface area contributed by atoms with Crippen LogP contribution in [0.2, 0.25) is 0 Å². The largest absolute Gasteiger partial charge is 0.478 e. The van der Waals surface area contributed by atoms with Crippen LogP contribution < -0.4 is 10.6 Å². The fourth-order valence-electron chi connectivity index (χ4n) is 2.26. The van der Waals surface area contributed by atoms with Crippen LogP contribution in [0.3, 0.4) is 0 Å². The molecule has 23 heavy (non-hydrogen) atoms. The topological polar surface area (TPSA) is 114 Å². The molecule has 0 unspecified atom stereocenters. The van der Waals surface area contributed by atoms with Gasteiger partial charge in [-0.3, -0.25) is 4.99 Å². The van der Waals surface area contributed by atoms with Crippen LogP contribution in [0.15, 0.2) is 28.7 Å². The number of carboxylic acids is 1. The van der Waals surface area contributed by atoms with Crippen molar-refractivity contribution >= 4 is 18.1 Å². The maximum absolute atomic E-state index is 11.1. The fraction of sp³-hybridized carbons (Fsp3) is 0.467. The standard InChI is InChI=1S/C15H21N5O3/c1-23-10-13(16)12(14(21)22)9-17-6-11-7-18-15(19-8-11)20-4-2-3-5-20/h7-9H,2-6,10,16H2,1H3,(H,21,22)/b13-12+,17-9?. The zero-order chi connectivity index (χ0) is 16.7. The molecule has 0 radical (unpaired) electrons. The Morgan fingerprint density at radius 2 is 2.09 bits per heavy atom. The van der Waals surface area contributed by atoms with E-state index in [1.165, 1.54) is 26.2 Å². The fourth-order valence-corrected chi connectivity index (χ4v) is 2.26. The molecule has 8 heteroatoms. The monoisotopic (exact) mass is 319 g/mol. The quantitative estimate of drug-likeness (QED) is 0.558. The molecule has 0 saturated carbocycles. The summed E-state index contributed by atoms with van der Waals surface area (Å²) in [4.78, 5) is 26.0. The second kappa shape index (κ2) is 8.23. The first-order valence-corrected chi connectivity index (χ1v) is 7.38. The number of carboxylic acid groups (broad SMARTS) is 1. The van der Waals surface area contributed by atoms with E-state index in [0.29, 0.717) is 0 Å². The molecule has 1 saturated heterocycles. The van der Waals surface area contributed by atoms with Crippen molar-refractivity contribution in [2.75, 3.05) is 31.7 Å². The molecule has 1 aliphatic heterocycles. The molecule has 2 rings (SSSR count). The summed E-state index contributed by atoms with van der Waals surface area (Å²) in [5, 5.41) is 9.11. The molecule has 3 N–H and O–H groups in total. The highest BCUT2D eigenvalue weighted by Crippen LogP contribution is 2.14. The third-order valence-corrected chi connectivity index (χ3v) is 3.45. The van der Waals surface area contributed by atoms with Crippen molar-refractivity contribution < 1.29 is 14.6 Å². The molecule has 0 aromatic carbocycles. The second-order valence-corrected chi connectivity index (χ2v) is 5.23. The maximum Gasteiger partial charge on any atom is 0.339 e. The molecule has 124 valence electrons. The number of ether oxygens (including phenoxy) is 1. The maximum atomic E-state index is 11.1. The number of nitrogens with zero attached hydrogens (tertiary/aromatic N) is 4. The molecule has 0 atom stereocenters. The third-order valence-electron chi connectivity index (χ3n) is 3.45. The lowest BCUT2D eigenvalue weighted by molar-refractivity contribution is -0.132. The van der Waals surface area contributed by atoms with Gasteiger partial charge in [-0.25, -0.2) is 14.8 Å². The first kappa shape index (κ1) is 16.9. The summed E-state index contributed by atoms with van der Waals surface area (Å²) in [6, 6.07) is 0. The first-order chi connectivity index (χ1) is 11.1. The van der Waals surface area contributed by atoms with Crippen LogP contribution in [0, 0.1) is 0 Å². The number of aliphatic carboxylic acids is 1. The number of hydrogen-bond donors (Lipinski definition) is 2. The summed E-state index contributed by atoms with van der Waals surface area (Å²) in [6.07, 6.45) is 7.00. The number of hydrogen-bond acceptors (Lipinski definition) is 7. The van der Waals surface area contributed by atoms with Crippen LogP contribution in [-0.4, -0.2) is 54.1 Å². The zero-order valence-electron chi connectivity index (χ0n) is 13.1. The average Bonchev–Trinajstić information content (AvgIpc) is 3.06. The third kappa shape index (κ3) is 4.75. The van der Waals surface area contributed by atoms with E-state index in [4.69, 9.17) is 15.6 Å². The van der Waals surface area contributed by atoms with Gasteiger partial charge in [0.15, 0.2) is 0 Å². The summed E-state index contributed by atoms with van der Waals surface area (Å²) in [6.45, 7) is 2.31. The molecule has 1 aromatic heterocycles. The Morgan fingerprint density at radius 1 is 1.43 bits per heavy atom. The zero-order valence-corrected chi connectivity index (χ0v) is 13.1. The second-order valence-electron chi connectivity index (χ2n) is 5.23. The van der Waals surface area contributed by atoms with Gasteiger partial charge in [-0.05, 0) is 12.8 Å². The Morgan fingerprint density at radius 3 is 2.65 bits per heavy atom. The summed E-state index contributed by atoms with van der Waals surface area (Å²) >= 11 is 0. The molecule has 0 amide bonds. The molecule has 0 aliphatic carbocycles. The first-order valence-electron chi connectivity index (χ1n) is 7.38. The Bertz CT molecular complexity index is 592. The SMILES string of the molecule is COC/C(N)=C(/C=NCc1cnc(N2CCCC2)nc1)C(=O)O. The van der Waals surface area contributed by atoms with E-state index in [1.54, 1.807) is 12.4 Å². The molecule has 8 nitrogen and oxygen atoms in total. The molecule has 1 aliphatic rings. The molecule has 0 spiro atoms. The van der Waals surface area contributed by atoms with E-state index in [2.05, 4.69) is 19.9 Å². The van der Waals surface area contributed by atoms with Crippen LogP contribution in [0.1, 0.15) is 18.4 Å². The van der Waals surface area contributed by atoms with Gasteiger partial charge >= 0.3 is 5.97 Å². The summed E-state index contributed by atoms with van der Waals surface area (Å²) in [7, 11) is 1.45. The Kier molecular flexibility index (Phi) is 6.04. The Hall–Kier alpha value is -2.48. The van der Waals surface area contributed by atoms with Gasteiger partial charge in [0.1, 0.15) is 0 Å². The Balaban J connectivity index is 1.98. The lowest BCUT2D eigenvalue weighted by Crippen LogP contribution is -2.20. The van der Waals surface area contributed by atoms with Crippen molar-refractivity contribution in [3.63, 3.8) is 0 Å². The summed E-state index contributed by atoms with van der Waals surface area (Å²) < 4.78 is 4.83. The molecule has 0 bridgehead atoms. The van der Waals surface area contributed by atoms with Gasteiger partial charge in [0, 0.05) is 44.4 Å². The Labute approximate surface area is 134 Å². The van der Waals surface area contributed by atoms with Gasteiger partial charge in [-0.1, -0.05) is 0 Å². The van der Waals surface area contributed by atoms with Gasteiger partial charge in [0.05, 0.1) is 24.4 Å². The van der Waals surface area contributed by atoms with Crippen LogP contribution in [0.25, 0.3) is 0 Å². The lowest BCUT2D eigenvalue weighted by Gasteiger charge is -2.14.